The first-order chi connectivity index (χ1) is 11.3. The van der Waals surface area contributed by atoms with Crippen molar-refractivity contribution in [1.29, 1.82) is 0 Å². The van der Waals surface area contributed by atoms with Gasteiger partial charge in [-0.05, 0) is 43.7 Å². The predicted molar refractivity (Wildman–Crippen MR) is 85.7 cm³/mol. The molecule has 0 saturated carbocycles. The standard InChI is InChI=1S/C9H8F3NO.C7H8O3S/c1-5-6(8(13)14)3-2-4-7(5)9(10,11)12;1-6-2-4-7(5-3-6)11(8,9)10/h2-4H,1H3,(H2,13,14);2-5H,1H3,(H,8,9,10). The van der Waals surface area contributed by atoms with Gasteiger partial charge < -0.3 is 5.73 Å². The Morgan fingerprint density at radius 2 is 1.56 bits per heavy atom. The van der Waals surface area contributed by atoms with Crippen LogP contribution in [0.25, 0.3) is 0 Å². The summed E-state index contributed by atoms with van der Waals surface area (Å²) in [6, 6.07) is 9.34. The number of hydrogen-bond acceptors (Lipinski definition) is 3. The Morgan fingerprint density at radius 3 is 1.96 bits per heavy atom. The lowest BCUT2D eigenvalue weighted by molar-refractivity contribution is -0.138. The zero-order valence-corrected chi connectivity index (χ0v) is 14.1. The van der Waals surface area contributed by atoms with Gasteiger partial charge in [0.05, 0.1) is 10.5 Å². The highest BCUT2D eigenvalue weighted by molar-refractivity contribution is 7.85. The van der Waals surface area contributed by atoms with Crippen molar-refractivity contribution in [2.45, 2.75) is 24.9 Å². The summed E-state index contributed by atoms with van der Waals surface area (Å²) >= 11 is 0. The van der Waals surface area contributed by atoms with Crippen molar-refractivity contribution in [2.24, 2.45) is 5.73 Å². The highest BCUT2D eigenvalue weighted by Crippen LogP contribution is 2.32. The molecule has 9 heteroatoms. The average Bonchev–Trinajstić information content (AvgIpc) is 2.46. The van der Waals surface area contributed by atoms with E-state index in [0.717, 1.165) is 17.7 Å². The fourth-order valence-electron chi connectivity index (χ4n) is 1.92. The second-order valence-electron chi connectivity index (χ2n) is 5.13. The molecule has 2 aromatic carbocycles. The van der Waals surface area contributed by atoms with Crippen LogP contribution in [0.5, 0.6) is 0 Å². The minimum Gasteiger partial charge on any atom is -0.366 e. The van der Waals surface area contributed by atoms with Gasteiger partial charge in [-0.15, -0.1) is 0 Å². The Labute approximate surface area is 143 Å². The van der Waals surface area contributed by atoms with Crippen LogP contribution in [-0.2, 0) is 16.3 Å². The molecule has 2 rings (SSSR count). The van der Waals surface area contributed by atoms with Crippen LogP contribution in [0.4, 0.5) is 13.2 Å². The quantitative estimate of drug-likeness (QED) is 0.787. The van der Waals surface area contributed by atoms with Crippen LogP contribution >= 0.6 is 0 Å². The van der Waals surface area contributed by atoms with Gasteiger partial charge in [0.15, 0.2) is 0 Å². The topological polar surface area (TPSA) is 97.5 Å². The first-order valence-electron chi connectivity index (χ1n) is 6.85. The van der Waals surface area contributed by atoms with E-state index in [9.17, 15) is 26.4 Å². The first-order valence-corrected chi connectivity index (χ1v) is 8.29. The van der Waals surface area contributed by atoms with Crippen LogP contribution < -0.4 is 5.73 Å². The van der Waals surface area contributed by atoms with Crippen LogP contribution in [0.3, 0.4) is 0 Å². The molecule has 5 nitrogen and oxygen atoms in total. The van der Waals surface area contributed by atoms with Gasteiger partial charge in [0.1, 0.15) is 0 Å². The Balaban J connectivity index is 0.000000257. The van der Waals surface area contributed by atoms with Crippen molar-refractivity contribution in [1.82, 2.24) is 0 Å². The van der Waals surface area contributed by atoms with Crippen LogP contribution in [0.1, 0.15) is 27.0 Å². The van der Waals surface area contributed by atoms with Crippen molar-refractivity contribution >= 4 is 16.0 Å². The highest BCUT2D eigenvalue weighted by Gasteiger charge is 2.33. The molecule has 0 radical (unpaired) electrons. The van der Waals surface area contributed by atoms with Gasteiger partial charge in [0.2, 0.25) is 5.91 Å². The summed E-state index contributed by atoms with van der Waals surface area (Å²) in [7, 11) is -4.02. The summed E-state index contributed by atoms with van der Waals surface area (Å²) in [4.78, 5) is 10.7. The minimum atomic E-state index is -4.45. The summed E-state index contributed by atoms with van der Waals surface area (Å²) in [5, 5.41) is 0. The van der Waals surface area contributed by atoms with Crippen molar-refractivity contribution in [3.8, 4) is 0 Å². The molecule has 0 bridgehead atoms. The van der Waals surface area contributed by atoms with Gasteiger partial charge in [0.25, 0.3) is 10.1 Å². The van der Waals surface area contributed by atoms with Crippen LogP contribution in [0.2, 0.25) is 0 Å². The van der Waals surface area contributed by atoms with E-state index in [2.05, 4.69) is 0 Å². The Kier molecular flexibility index (Phi) is 6.33. The Morgan fingerprint density at radius 1 is 1.04 bits per heavy atom. The van der Waals surface area contributed by atoms with Crippen LogP contribution in [-0.4, -0.2) is 18.9 Å². The molecule has 0 saturated heterocycles. The maximum Gasteiger partial charge on any atom is 0.416 e. The molecule has 3 N–H and O–H groups in total. The molecule has 0 aliphatic heterocycles. The number of halogens is 3. The number of hydrogen-bond donors (Lipinski definition) is 2. The number of benzene rings is 2. The second kappa shape index (κ2) is 7.66. The maximum absolute atomic E-state index is 12.3. The zero-order chi connectivity index (χ0) is 19.4. The number of amides is 1. The lowest BCUT2D eigenvalue weighted by Gasteiger charge is -2.11. The lowest BCUT2D eigenvalue weighted by Crippen LogP contribution is -2.16. The fourth-order valence-corrected chi connectivity index (χ4v) is 2.40. The first kappa shape index (κ1) is 20.7. The zero-order valence-electron chi connectivity index (χ0n) is 13.3. The van der Waals surface area contributed by atoms with Gasteiger partial charge in [-0.1, -0.05) is 23.8 Å². The maximum atomic E-state index is 12.3. The number of aryl methyl sites for hydroxylation is 1. The molecule has 0 heterocycles. The number of alkyl halides is 3. The third-order valence-corrected chi connectivity index (χ3v) is 4.09. The summed E-state index contributed by atoms with van der Waals surface area (Å²) in [5.41, 5.74) is 4.82. The molecule has 0 atom stereocenters. The normalized spacial score (nSPS) is 11.4. The molecule has 136 valence electrons. The molecular formula is C16H16F3NO4S. The van der Waals surface area contributed by atoms with Gasteiger partial charge >= 0.3 is 6.18 Å². The summed E-state index contributed by atoms with van der Waals surface area (Å²) < 4.78 is 66.6. The largest absolute Gasteiger partial charge is 0.416 e. The second-order valence-corrected chi connectivity index (χ2v) is 6.55. The number of nitrogens with two attached hydrogens (primary N) is 1. The van der Waals surface area contributed by atoms with Crippen molar-refractivity contribution < 1.29 is 30.9 Å². The van der Waals surface area contributed by atoms with Gasteiger partial charge in [-0.2, -0.15) is 21.6 Å². The highest BCUT2D eigenvalue weighted by atomic mass is 32.2. The summed E-state index contributed by atoms with van der Waals surface area (Å²) in [6.45, 7) is 3.07. The summed E-state index contributed by atoms with van der Waals surface area (Å²) in [6.07, 6.45) is -4.45. The molecule has 0 fully saturated rings. The van der Waals surface area contributed by atoms with E-state index < -0.39 is 27.8 Å². The van der Waals surface area contributed by atoms with Gasteiger partial charge in [-0.3, -0.25) is 9.35 Å². The van der Waals surface area contributed by atoms with E-state index in [1.807, 2.05) is 6.92 Å². The fraction of sp³-hybridized carbons (Fsp3) is 0.188. The van der Waals surface area contributed by atoms with E-state index in [1.54, 1.807) is 12.1 Å². The number of carbonyl (C=O) groups excluding carboxylic acids is 1. The minimum absolute atomic E-state index is 0.0666. The lowest BCUT2D eigenvalue weighted by atomic mass is 10.0. The number of primary amides is 1. The predicted octanol–water partition coefficient (Wildman–Crippen LogP) is 3.35. The number of rotatable bonds is 2. The van der Waals surface area contributed by atoms with Crippen LogP contribution in [0, 0.1) is 13.8 Å². The van der Waals surface area contributed by atoms with Crippen molar-refractivity contribution in [3.05, 3.63) is 64.7 Å². The molecular weight excluding hydrogens is 359 g/mol. The van der Waals surface area contributed by atoms with E-state index in [0.29, 0.717) is 0 Å². The van der Waals surface area contributed by atoms with Crippen molar-refractivity contribution in [3.63, 3.8) is 0 Å². The molecule has 25 heavy (non-hydrogen) atoms. The van der Waals surface area contributed by atoms with Crippen LogP contribution in [0.15, 0.2) is 47.4 Å². The number of carbonyl (C=O) groups is 1. The smallest absolute Gasteiger partial charge is 0.366 e. The molecule has 0 aromatic heterocycles. The molecule has 0 spiro atoms. The summed E-state index contributed by atoms with van der Waals surface area (Å²) in [5.74, 6) is -0.853. The third-order valence-electron chi connectivity index (χ3n) is 3.22. The molecule has 0 aliphatic carbocycles. The van der Waals surface area contributed by atoms with E-state index in [4.69, 9.17) is 10.3 Å². The van der Waals surface area contributed by atoms with Gasteiger partial charge in [-0.25, -0.2) is 0 Å². The molecule has 2 aromatic rings. The van der Waals surface area contributed by atoms with Crippen molar-refractivity contribution in [2.75, 3.05) is 0 Å². The Hall–Kier alpha value is -2.39. The molecule has 0 unspecified atom stereocenters. The van der Waals surface area contributed by atoms with E-state index in [1.165, 1.54) is 25.1 Å². The molecule has 1 amide bonds. The van der Waals surface area contributed by atoms with E-state index >= 15 is 0 Å². The van der Waals surface area contributed by atoms with E-state index in [-0.39, 0.29) is 16.0 Å². The third kappa shape index (κ3) is 5.87. The molecule has 0 aliphatic rings. The SMILES string of the molecule is Cc1c(C(N)=O)cccc1C(F)(F)F.Cc1ccc(S(=O)(=O)O)cc1. The average molecular weight is 375 g/mol. The monoisotopic (exact) mass is 375 g/mol. The Bertz CT molecular complexity index is 860. The van der Waals surface area contributed by atoms with Gasteiger partial charge in [0, 0.05) is 5.56 Å².